The molecular formula is C15H28O. The summed E-state index contributed by atoms with van der Waals surface area (Å²) < 4.78 is 0. The molecule has 2 aliphatic carbocycles. The van der Waals surface area contributed by atoms with Crippen LogP contribution in [-0.2, 0) is 0 Å². The van der Waals surface area contributed by atoms with Crippen LogP contribution in [0, 0.1) is 41.4 Å². The van der Waals surface area contributed by atoms with Crippen LogP contribution in [0.15, 0.2) is 0 Å². The molecular weight excluding hydrogens is 196 g/mol. The molecule has 94 valence electrons. The van der Waals surface area contributed by atoms with E-state index in [1.165, 1.54) is 12.8 Å². The number of hydrogen-bond donors (Lipinski definition) is 1. The largest absolute Gasteiger partial charge is 0.393 e. The second kappa shape index (κ2) is 4.33. The minimum Gasteiger partial charge on any atom is -0.393 e. The molecule has 2 fully saturated rings. The Kier molecular flexibility index (Phi) is 3.36. The molecule has 0 aromatic carbocycles. The lowest BCUT2D eigenvalue weighted by Crippen LogP contribution is -2.27. The summed E-state index contributed by atoms with van der Waals surface area (Å²) in [5, 5.41) is 10.4. The number of aliphatic hydroxyl groups is 1. The van der Waals surface area contributed by atoms with Crippen LogP contribution in [0.25, 0.3) is 0 Å². The summed E-state index contributed by atoms with van der Waals surface area (Å²) in [5.74, 6) is 4.94. The number of aliphatic hydroxyl groups excluding tert-OH is 1. The topological polar surface area (TPSA) is 20.2 Å². The number of hydrogen-bond acceptors (Lipinski definition) is 1. The van der Waals surface area contributed by atoms with Crippen LogP contribution >= 0.6 is 0 Å². The summed E-state index contributed by atoms with van der Waals surface area (Å²) in [6.45, 7) is 11.7. The Balaban J connectivity index is 2.10. The monoisotopic (exact) mass is 224 g/mol. The third-order valence-electron chi connectivity index (χ3n) is 6.06. The SMILES string of the molecule is CC1CC(C2C(C)C(C)C(C)C2O)CC1C. The molecule has 1 nitrogen and oxygen atoms in total. The van der Waals surface area contributed by atoms with Crippen LogP contribution < -0.4 is 0 Å². The van der Waals surface area contributed by atoms with Gasteiger partial charge in [-0.15, -0.1) is 0 Å². The van der Waals surface area contributed by atoms with Crippen LogP contribution in [0.4, 0.5) is 0 Å². The Bertz CT molecular complexity index is 226. The molecule has 0 amide bonds. The maximum Gasteiger partial charge on any atom is 0.0601 e. The Morgan fingerprint density at radius 1 is 0.750 bits per heavy atom. The van der Waals surface area contributed by atoms with Crippen LogP contribution in [0.5, 0.6) is 0 Å². The maximum absolute atomic E-state index is 10.4. The summed E-state index contributed by atoms with van der Waals surface area (Å²) in [5.41, 5.74) is 0. The van der Waals surface area contributed by atoms with E-state index in [1.54, 1.807) is 0 Å². The van der Waals surface area contributed by atoms with Gasteiger partial charge in [-0.25, -0.2) is 0 Å². The van der Waals surface area contributed by atoms with E-state index >= 15 is 0 Å². The first-order valence-corrected chi connectivity index (χ1v) is 7.11. The van der Waals surface area contributed by atoms with Gasteiger partial charge in [0.15, 0.2) is 0 Å². The Labute approximate surface area is 101 Å². The van der Waals surface area contributed by atoms with Gasteiger partial charge >= 0.3 is 0 Å². The first kappa shape index (κ1) is 12.4. The second-order valence-electron chi connectivity index (χ2n) is 6.83. The molecule has 7 atom stereocenters. The average Bonchev–Trinajstić information content (AvgIpc) is 2.64. The zero-order valence-electron chi connectivity index (χ0n) is 11.5. The highest BCUT2D eigenvalue weighted by atomic mass is 16.3. The van der Waals surface area contributed by atoms with Crippen molar-refractivity contribution >= 4 is 0 Å². The van der Waals surface area contributed by atoms with Crippen molar-refractivity contribution < 1.29 is 5.11 Å². The summed E-state index contributed by atoms with van der Waals surface area (Å²) in [7, 11) is 0. The van der Waals surface area contributed by atoms with Crippen molar-refractivity contribution in [1.82, 2.24) is 0 Å². The Morgan fingerprint density at radius 2 is 1.25 bits per heavy atom. The molecule has 0 aliphatic heterocycles. The fraction of sp³-hybridized carbons (Fsp3) is 1.00. The van der Waals surface area contributed by atoms with Crippen molar-refractivity contribution in [3.63, 3.8) is 0 Å². The van der Waals surface area contributed by atoms with Gasteiger partial charge in [0.25, 0.3) is 0 Å². The van der Waals surface area contributed by atoms with Crippen LogP contribution in [0.1, 0.15) is 47.5 Å². The van der Waals surface area contributed by atoms with E-state index in [4.69, 9.17) is 0 Å². The van der Waals surface area contributed by atoms with Crippen molar-refractivity contribution in [2.24, 2.45) is 41.4 Å². The standard InChI is InChI=1S/C15H28O/c1-8-6-13(7-9(8)2)14-11(4)10(3)12(5)15(14)16/h8-16H,6-7H2,1-5H3. The summed E-state index contributed by atoms with van der Waals surface area (Å²) in [4.78, 5) is 0. The van der Waals surface area contributed by atoms with Gasteiger partial charge in [-0.1, -0.05) is 34.6 Å². The second-order valence-corrected chi connectivity index (χ2v) is 6.83. The highest BCUT2D eigenvalue weighted by Gasteiger charge is 2.48. The maximum atomic E-state index is 10.4. The van der Waals surface area contributed by atoms with Gasteiger partial charge in [0.1, 0.15) is 0 Å². The third kappa shape index (κ3) is 1.81. The van der Waals surface area contributed by atoms with Crippen molar-refractivity contribution in [3.05, 3.63) is 0 Å². The third-order valence-corrected chi connectivity index (χ3v) is 6.06. The summed E-state index contributed by atoms with van der Waals surface area (Å²) in [6.07, 6.45) is 2.63. The predicted octanol–water partition coefficient (Wildman–Crippen LogP) is 3.57. The molecule has 1 N–H and O–H groups in total. The van der Waals surface area contributed by atoms with Gasteiger partial charge in [0, 0.05) is 0 Å². The zero-order valence-corrected chi connectivity index (χ0v) is 11.5. The molecule has 2 saturated carbocycles. The molecule has 0 aromatic rings. The smallest absolute Gasteiger partial charge is 0.0601 e. The molecule has 0 heterocycles. The van der Waals surface area contributed by atoms with E-state index in [-0.39, 0.29) is 6.10 Å². The van der Waals surface area contributed by atoms with Gasteiger partial charge in [0.2, 0.25) is 0 Å². The first-order valence-electron chi connectivity index (χ1n) is 7.11. The van der Waals surface area contributed by atoms with E-state index in [9.17, 15) is 5.11 Å². The minimum atomic E-state index is -0.0486. The lowest BCUT2D eigenvalue weighted by atomic mass is 9.80. The fourth-order valence-electron chi connectivity index (χ4n) is 4.34. The van der Waals surface area contributed by atoms with E-state index in [0.29, 0.717) is 23.7 Å². The van der Waals surface area contributed by atoms with Crippen LogP contribution in [0.2, 0.25) is 0 Å². The molecule has 0 aromatic heterocycles. The molecule has 2 aliphatic rings. The highest BCUT2D eigenvalue weighted by molar-refractivity contribution is 4.97. The molecule has 2 rings (SSSR count). The quantitative estimate of drug-likeness (QED) is 0.722. The van der Waals surface area contributed by atoms with E-state index in [2.05, 4.69) is 34.6 Å². The van der Waals surface area contributed by atoms with Crippen LogP contribution in [0.3, 0.4) is 0 Å². The summed E-state index contributed by atoms with van der Waals surface area (Å²) in [6, 6.07) is 0. The highest BCUT2D eigenvalue weighted by Crippen LogP contribution is 2.51. The van der Waals surface area contributed by atoms with Crippen LogP contribution in [-0.4, -0.2) is 11.2 Å². The van der Waals surface area contributed by atoms with Gasteiger partial charge in [0.05, 0.1) is 6.10 Å². The molecule has 0 bridgehead atoms. The van der Waals surface area contributed by atoms with Crippen molar-refractivity contribution in [2.45, 2.75) is 53.6 Å². The van der Waals surface area contributed by atoms with Gasteiger partial charge in [-0.3, -0.25) is 0 Å². The van der Waals surface area contributed by atoms with Gasteiger partial charge < -0.3 is 5.11 Å². The molecule has 1 heteroatoms. The lowest BCUT2D eigenvalue weighted by Gasteiger charge is -2.27. The molecule has 0 spiro atoms. The van der Waals surface area contributed by atoms with E-state index < -0.39 is 0 Å². The molecule has 7 unspecified atom stereocenters. The normalized spacial score (nSPS) is 58.1. The van der Waals surface area contributed by atoms with Crippen molar-refractivity contribution in [2.75, 3.05) is 0 Å². The van der Waals surface area contributed by atoms with Gasteiger partial charge in [-0.2, -0.15) is 0 Å². The fourth-order valence-corrected chi connectivity index (χ4v) is 4.34. The zero-order chi connectivity index (χ0) is 12.0. The Morgan fingerprint density at radius 3 is 1.62 bits per heavy atom. The molecule has 0 radical (unpaired) electrons. The average molecular weight is 224 g/mol. The molecule has 16 heavy (non-hydrogen) atoms. The molecule has 0 saturated heterocycles. The van der Waals surface area contributed by atoms with E-state index in [0.717, 1.165) is 17.8 Å². The Hall–Kier alpha value is -0.0400. The number of rotatable bonds is 1. The predicted molar refractivity (Wildman–Crippen MR) is 68.0 cm³/mol. The van der Waals surface area contributed by atoms with Gasteiger partial charge in [-0.05, 0) is 54.3 Å². The summed E-state index contributed by atoms with van der Waals surface area (Å²) >= 11 is 0. The lowest BCUT2D eigenvalue weighted by molar-refractivity contribution is 0.0575. The van der Waals surface area contributed by atoms with Crippen molar-refractivity contribution in [1.29, 1.82) is 0 Å². The first-order chi connectivity index (χ1) is 7.43. The van der Waals surface area contributed by atoms with E-state index in [1.807, 2.05) is 0 Å². The van der Waals surface area contributed by atoms with Crippen molar-refractivity contribution in [3.8, 4) is 0 Å². The minimum absolute atomic E-state index is 0.0486.